The van der Waals surface area contributed by atoms with Crippen molar-refractivity contribution in [2.45, 2.75) is 25.4 Å². The van der Waals surface area contributed by atoms with Crippen LogP contribution in [0.3, 0.4) is 0 Å². The standard InChI is InChI=1S/C20H23F2NO2.ClH/c21-17-5-2-15(3-6-17)1-4-16-13-18(22)7-8-20(16)25-12-11-23-10-9-19(24)14-23;/h2-3,5-8,13,19,24H,1,4,9-12,14H2;1H. The highest BCUT2D eigenvalue weighted by Crippen LogP contribution is 2.22. The summed E-state index contributed by atoms with van der Waals surface area (Å²) in [5.41, 5.74) is 1.81. The van der Waals surface area contributed by atoms with Gasteiger partial charge < -0.3 is 9.84 Å². The van der Waals surface area contributed by atoms with Crippen molar-refractivity contribution in [3.8, 4) is 5.75 Å². The second-order valence-electron chi connectivity index (χ2n) is 6.47. The van der Waals surface area contributed by atoms with Gasteiger partial charge in [-0.2, -0.15) is 0 Å². The molecule has 0 saturated carbocycles. The molecule has 26 heavy (non-hydrogen) atoms. The lowest BCUT2D eigenvalue weighted by Gasteiger charge is -2.17. The number of hydrogen-bond acceptors (Lipinski definition) is 3. The summed E-state index contributed by atoms with van der Waals surface area (Å²) in [5, 5.41) is 9.54. The summed E-state index contributed by atoms with van der Waals surface area (Å²) in [6.45, 7) is 2.81. The molecule has 1 atom stereocenters. The predicted octanol–water partition coefficient (Wildman–Crippen LogP) is 3.62. The number of halogens is 3. The smallest absolute Gasteiger partial charge is 0.123 e. The van der Waals surface area contributed by atoms with E-state index >= 15 is 0 Å². The van der Waals surface area contributed by atoms with E-state index < -0.39 is 0 Å². The average Bonchev–Trinajstić information content (AvgIpc) is 3.01. The van der Waals surface area contributed by atoms with E-state index in [2.05, 4.69) is 4.90 Å². The fourth-order valence-corrected chi connectivity index (χ4v) is 3.11. The second-order valence-corrected chi connectivity index (χ2v) is 6.47. The first-order valence-corrected chi connectivity index (χ1v) is 8.66. The first kappa shape index (κ1) is 20.6. The highest BCUT2D eigenvalue weighted by Gasteiger charge is 2.19. The zero-order chi connectivity index (χ0) is 17.6. The molecule has 1 aliphatic rings. The van der Waals surface area contributed by atoms with Gasteiger partial charge in [-0.3, -0.25) is 4.90 Å². The average molecular weight is 384 g/mol. The number of ether oxygens (including phenoxy) is 1. The molecule has 1 unspecified atom stereocenters. The van der Waals surface area contributed by atoms with Gasteiger partial charge in [0.25, 0.3) is 0 Å². The van der Waals surface area contributed by atoms with Gasteiger partial charge in [-0.1, -0.05) is 12.1 Å². The quantitative estimate of drug-likeness (QED) is 0.792. The Morgan fingerprint density at radius 2 is 1.77 bits per heavy atom. The number of rotatable bonds is 7. The summed E-state index contributed by atoms with van der Waals surface area (Å²) in [5.74, 6) is 0.137. The highest BCUT2D eigenvalue weighted by atomic mass is 35.5. The molecule has 0 spiro atoms. The summed E-state index contributed by atoms with van der Waals surface area (Å²) < 4.78 is 32.4. The lowest BCUT2D eigenvalue weighted by molar-refractivity contribution is 0.167. The van der Waals surface area contributed by atoms with Gasteiger partial charge in [-0.25, -0.2) is 8.78 Å². The zero-order valence-electron chi connectivity index (χ0n) is 14.5. The molecule has 1 aliphatic heterocycles. The van der Waals surface area contributed by atoms with Crippen LogP contribution in [0.25, 0.3) is 0 Å². The highest BCUT2D eigenvalue weighted by molar-refractivity contribution is 5.85. The number of aliphatic hydroxyl groups excluding tert-OH is 1. The molecule has 1 heterocycles. The summed E-state index contributed by atoms with van der Waals surface area (Å²) in [6, 6.07) is 10.9. The first-order valence-electron chi connectivity index (χ1n) is 8.66. The van der Waals surface area contributed by atoms with Gasteiger partial charge in [-0.05, 0) is 60.7 Å². The number of aryl methyl sites for hydroxylation is 2. The molecular formula is C20H24ClF2NO2. The third kappa shape index (κ3) is 5.94. The van der Waals surface area contributed by atoms with E-state index in [1.807, 2.05) is 0 Å². The largest absolute Gasteiger partial charge is 0.492 e. The first-order chi connectivity index (χ1) is 12.1. The van der Waals surface area contributed by atoms with Crippen LogP contribution >= 0.6 is 12.4 Å². The van der Waals surface area contributed by atoms with Crippen LogP contribution in [0.5, 0.6) is 5.75 Å². The maximum atomic E-state index is 13.6. The molecule has 0 amide bonds. The summed E-state index contributed by atoms with van der Waals surface area (Å²) in [7, 11) is 0. The summed E-state index contributed by atoms with van der Waals surface area (Å²) >= 11 is 0. The fraction of sp³-hybridized carbons (Fsp3) is 0.400. The van der Waals surface area contributed by atoms with Crippen LogP contribution in [0.4, 0.5) is 8.78 Å². The summed E-state index contributed by atoms with van der Waals surface area (Å²) in [4.78, 5) is 2.16. The summed E-state index contributed by atoms with van der Waals surface area (Å²) in [6.07, 6.45) is 1.89. The van der Waals surface area contributed by atoms with Crippen LogP contribution in [0.15, 0.2) is 42.5 Å². The Morgan fingerprint density at radius 1 is 1.04 bits per heavy atom. The topological polar surface area (TPSA) is 32.7 Å². The lowest BCUT2D eigenvalue weighted by atomic mass is 10.0. The normalized spacial score (nSPS) is 17.1. The maximum absolute atomic E-state index is 13.6. The molecule has 0 aromatic heterocycles. The molecular weight excluding hydrogens is 360 g/mol. The Bertz CT molecular complexity index is 697. The third-order valence-electron chi connectivity index (χ3n) is 4.53. The number of nitrogens with zero attached hydrogens (tertiary/aromatic N) is 1. The molecule has 1 saturated heterocycles. The van der Waals surface area contributed by atoms with Crippen molar-refractivity contribution in [2.75, 3.05) is 26.2 Å². The minimum atomic E-state index is -0.288. The van der Waals surface area contributed by atoms with Crippen molar-refractivity contribution in [2.24, 2.45) is 0 Å². The third-order valence-corrected chi connectivity index (χ3v) is 4.53. The Labute approximate surface area is 159 Å². The molecule has 1 N–H and O–H groups in total. The van der Waals surface area contributed by atoms with Gasteiger partial charge >= 0.3 is 0 Å². The lowest BCUT2D eigenvalue weighted by Crippen LogP contribution is -2.27. The van der Waals surface area contributed by atoms with Crippen molar-refractivity contribution in [1.29, 1.82) is 0 Å². The van der Waals surface area contributed by atoms with E-state index in [0.29, 0.717) is 31.7 Å². The van der Waals surface area contributed by atoms with E-state index in [4.69, 9.17) is 4.74 Å². The minimum Gasteiger partial charge on any atom is -0.492 e. The van der Waals surface area contributed by atoms with Crippen LogP contribution < -0.4 is 4.74 Å². The van der Waals surface area contributed by atoms with Crippen LogP contribution in [-0.4, -0.2) is 42.4 Å². The van der Waals surface area contributed by atoms with E-state index in [0.717, 1.165) is 30.6 Å². The van der Waals surface area contributed by atoms with Crippen LogP contribution in [0, 0.1) is 11.6 Å². The molecule has 2 aromatic rings. The Balaban J connectivity index is 0.00000243. The van der Waals surface area contributed by atoms with E-state index in [1.165, 1.54) is 24.3 Å². The van der Waals surface area contributed by atoms with Gasteiger partial charge in [0.15, 0.2) is 0 Å². The van der Waals surface area contributed by atoms with Crippen LogP contribution in [0.1, 0.15) is 17.5 Å². The van der Waals surface area contributed by atoms with E-state index in [1.54, 1.807) is 18.2 Å². The van der Waals surface area contributed by atoms with Crippen molar-refractivity contribution < 1.29 is 18.6 Å². The Kier molecular flexibility index (Phi) is 7.82. The van der Waals surface area contributed by atoms with Crippen molar-refractivity contribution in [3.05, 3.63) is 65.2 Å². The minimum absolute atomic E-state index is 0. The zero-order valence-corrected chi connectivity index (χ0v) is 15.4. The molecule has 2 aromatic carbocycles. The molecule has 6 heteroatoms. The number of hydrogen-bond donors (Lipinski definition) is 1. The molecule has 3 nitrogen and oxygen atoms in total. The van der Waals surface area contributed by atoms with E-state index in [-0.39, 0.29) is 30.1 Å². The van der Waals surface area contributed by atoms with Crippen LogP contribution in [0.2, 0.25) is 0 Å². The molecule has 3 rings (SSSR count). The van der Waals surface area contributed by atoms with Crippen molar-refractivity contribution in [3.63, 3.8) is 0 Å². The maximum Gasteiger partial charge on any atom is 0.123 e. The van der Waals surface area contributed by atoms with Gasteiger partial charge in [-0.15, -0.1) is 12.4 Å². The molecule has 0 radical (unpaired) electrons. The fourth-order valence-electron chi connectivity index (χ4n) is 3.11. The molecule has 0 aliphatic carbocycles. The molecule has 142 valence electrons. The SMILES string of the molecule is Cl.OC1CCN(CCOc2ccc(F)cc2CCc2ccc(F)cc2)C1. The van der Waals surface area contributed by atoms with Crippen molar-refractivity contribution in [1.82, 2.24) is 4.90 Å². The number of aliphatic hydroxyl groups is 1. The Morgan fingerprint density at radius 3 is 2.46 bits per heavy atom. The number of β-amino-alcohol motifs (C(OH)–C–C–N with tert-alkyl or cyclic N) is 1. The van der Waals surface area contributed by atoms with Crippen LogP contribution in [-0.2, 0) is 12.8 Å². The molecule has 1 fully saturated rings. The van der Waals surface area contributed by atoms with Gasteiger partial charge in [0, 0.05) is 19.6 Å². The number of benzene rings is 2. The van der Waals surface area contributed by atoms with Gasteiger partial charge in [0.1, 0.15) is 24.0 Å². The monoisotopic (exact) mass is 383 g/mol. The predicted molar refractivity (Wildman–Crippen MR) is 100 cm³/mol. The van der Waals surface area contributed by atoms with E-state index in [9.17, 15) is 13.9 Å². The van der Waals surface area contributed by atoms with Crippen molar-refractivity contribution >= 4 is 12.4 Å². The number of likely N-dealkylation sites (tertiary alicyclic amines) is 1. The second kappa shape index (κ2) is 9.86. The van der Waals surface area contributed by atoms with Gasteiger partial charge in [0.2, 0.25) is 0 Å². The Hall–Kier alpha value is -1.69. The van der Waals surface area contributed by atoms with Gasteiger partial charge in [0.05, 0.1) is 6.10 Å². The molecule has 0 bridgehead atoms.